The molecule has 0 bridgehead atoms. The van der Waals surface area contributed by atoms with Crippen molar-refractivity contribution in [2.24, 2.45) is 0 Å². The lowest BCUT2D eigenvalue weighted by Crippen LogP contribution is -2.20. The zero-order valence-corrected chi connectivity index (χ0v) is 12.3. The molecule has 0 unspecified atom stereocenters. The smallest absolute Gasteiger partial charge is 0.163 e. The van der Waals surface area contributed by atoms with Gasteiger partial charge in [0.2, 0.25) is 0 Å². The fraction of sp³-hybridized carbons (Fsp3) is 0.500. The third-order valence-corrected chi connectivity index (χ3v) is 3.08. The van der Waals surface area contributed by atoms with Gasteiger partial charge in [0.25, 0.3) is 0 Å². The molecule has 1 aromatic carbocycles. The minimum absolute atomic E-state index is 0.0236. The molecule has 1 N–H and O–H groups in total. The monoisotopic (exact) mass is 285 g/mol. The molecule has 4 nitrogen and oxygen atoms in total. The molecule has 0 aromatic heterocycles. The summed E-state index contributed by atoms with van der Waals surface area (Å²) < 4.78 is 4.99. The highest BCUT2D eigenvalue weighted by atomic mass is 35.5. The average molecular weight is 286 g/mol. The lowest BCUT2D eigenvalue weighted by molar-refractivity contribution is 0.101. The third-order valence-electron chi connectivity index (χ3n) is 2.86. The van der Waals surface area contributed by atoms with Crippen molar-refractivity contribution < 1.29 is 14.6 Å². The predicted molar refractivity (Wildman–Crippen MR) is 75.9 cm³/mol. The molecule has 0 aliphatic rings. The van der Waals surface area contributed by atoms with Gasteiger partial charge in [-0.25, -0.2) is 0 Å². The first-order valence-electron chi connectivity index (χ1n) is 6.15. The van der Waals surface area contributed by atoms with Crippen molar-refractivity contribution in [1.82, 2.24) is 4.90 Å². The first kappa shape index (κ1) is 16.0. The Labute approximate surface area is 118 Å². The molecule has 0 atom stereocenters. The van der Waals surface area contributed by atoms with Crippen LogP contribution >= 0.6 is 11.6 Å². The topological polar surface area (TPSA) is 49.8 Å². The Morgan fingerprint density at radius 1 is 1.47 bits per heavy atom. The maximum atomic E-state index is 11.4. The lowest BCUT2D eigenvalue weighted by Gasteiger charge is -2.18. The molecule has 1 rings (SSSR count). The predicted octanol–water partition coefficient (Wildman–Crippen LogP) is 2.72. The van der Waals surface area contributed by atoms with E-state index in [2.05, 4.69) is 0 Å². The van der Waals surface area contributed by atoms with Crippen molar-refractivity contribution in [2.75, 3.05) is 27.3 Å². The fourth-order valence-electron chi connectivity index (χ4n) is 1.89. The second-order valence-electron chi connectivity index (χ2n) is 4.60. The number of ketones is 1. The summed E-state index contributed by atoms with van der Waals surface area (Å²) in [6.07, 6.45) is 0.911. The number of rotatable bonds is 7. The van der Waals surface area contributed by atoms with Gasteiger partial charge in [-0.15, -0.1) is 0 Å². The van der Waals surface area contributed by atoms with Crippen molar-refractivity contribution in [3.63, 3.8) is 0 Å². The Bertz CT molecular complexity index is 449. The summed E-state index contributed by atoms with van der Waals surface area (Å²) in [6.45, 7) is 3.49. The molecule has 0 heterocycles. The SMILES string of the molecule is COCCCN(C)Cc1cc(Cl)cc(C(C)=O)c1O. The van der Waals surface area contributed by atoms with Crippen LogP contribution in [0.3, 0.4) is 0 Å². The molecule has 0 saturated carbocycles. The summed E-state index contributed by atoms with van der Waals surface area (Å²) >= 11 is 5.97. The number of hydrogen-bond donors (Lipinski definition) is 1. The number of nitrogens with zero attached hydrogens (tertiary/aromatic N) is 1. The second kappa shape index (κ2) is 7.48. The van der Waals surface area contributed by atoms with Crippen LogP contribution in [0.1, 0.15) is 29.3 Å². The molecule has 0 aliphatic heterocycles. The van der Waals surface area contributed by atoms with Crippen LogP contribution in [0.15, 0.2) is 12.1 Å². The van der Waals surface area contributed by atoms with E-state index >= 15 is 0 Å². The number of phenols is 1. The summed E-state index contributed by atoms with van der Waals surface area (Å²) in [5, 5.41) is 10.5. The molecule has 19 heavy (non-hydrogen) atoms. The van der Waals surface area contributed by atoms with Crippen molar-refractivity contribution >= 4 is 17.4 Å². The van der Waals surface area contributed by atoms with Crippen molar-refractivity contribution in [3.8, 4) is 5.75 Å². The molecule has 0 radical (unpaired) electrons. The van der Waals surface area contributed by atoms with Crippen molar-refractivity contribution in [1.29, 1.82) is 0 Å². The molecule has 0 fully saturated rings. The van der Waals surface area contributed by atoms with Crippen LogP contribution in [-0.2, 0) is 11.3 Å². The number of carbonyl (C=O) groups excluding carboxylic acids is 1. The lowest BCUT2D eigenvalue weighted by atomic mass is 10.1. The van der Waals surface area contributed by atoms with Gasteiger partial charge in [0.05, 0.1) is 5.56 Å². The summed E-state index contributed by atoms with van der Waals surface area (Å²) in [6, 6.07) is 3.18. The van der Waals surface area contributed by atoms with E-state index < -0.39 is 0 Å². The third kappa shape index (κ3) is 4.82. The first-order chi connectivity index (χ1) is 8.95. The summed E-state index contributed by atoms with van der Waals surface area (Å²) in [5.41, 5.74) is 0.936. The number of phenolic OH excluding ortho intramolecular Hbond substituents is 1. The van der Waals surface area contributed by atoms with Crippen LogP contribution < -0.4 is 0 Å². The zero-order chi connectivity index (χ0) is 14.4. The molecule has 0 amide bonds. The van der Waals surface area contributed by atoms with Crippen LogP contribution in [0.25, 0.3) is 0 Å². The minimum Gasteiger partial charge on any atom is -0.507 e. The number of benzene rings is 1. The molecular weight excluding hydrogens is 266 g/mol. The number of ether oxygens (including phenoxy) is 1. The number of aromatic hydroxyl groups is 1. The van der Waals surface area contributed by atoms with Gasteiger partial charge in [0, 0.05) is 37.4 Å². The molecule has 0 spiro atoms. The van der Waals surface area contributed by atoms with E-state index in [0.717, 1.165) is 13.0 Å². The van der Waals surface area contributed by atoms with E-state index in [1.54, 1.807) is 13.2 Å². The van der Waals surface area contributed by atoms with E-state index in [-0.39, 0.29) is 17.1 Å². The van der Waals surface area contributed by atoms with Gasteiger partial charge in [-0.1, -0.05) is 11.6 Å². The van der Waals surface area contributed by atoms with Gasteiger partial charge < -0.3 is 14.7 Å². The minimum atomic E-state index is -0.191. The molecular formula is C14H20ClNO3. The Balaban J connectivity index is 2.80. The van der Waals surface area contributed by atoms with Crippen LogP contribution in [-0.4, -0.2) is 43.1 Å². The maximum absolute atomic E-state index is 11.4. The molecule has 0 saturated heterocycles. The fourth-order valence-corrected chi connectivity index (χ4v) is 2.13. The van der Waals surface area contributed by atoms with Gasteiger partial charge in [0.1, 0.15) is 5.75 Å². The number of halogens is 1. The van der Waals surface area contributed by atoms with E-state index in [1.165, 1.54) is 13.0 Å². The maximum Gasteiger partial charge on any atom is 0.163 e. The van der Waals surface area contributed by atoms with Crippen molar-refractivity contribution in [3.05, 3.63) is 28.3 Å². The van der Waals surface area contributed by atoms with Gasteiger partial charge in [0.15, 0.2) is 5.78 Å². The zero-order valence-electron chi connectivity index (χ0n) is 11.6. The normalized spacial score (nSPS) is 11.0. The van der Waals surface area contributed by atoms with E-state index in [4.69, 9.17) is 16.3 Å². The van der Waals surface area contributed by atoms with Gasteiger partial charge in [-0.05, 0) is 32.5 Å². The van der Waals surface area contributed by atoms with Crippen LogP contribution in [0.4, 0.5) is 0 Å². The number of Topliss-reactive ketones (excluding diaryl/α,β-unsaturated/α-hetero) is 1. The highest BCUT2D eigenvalue weighted by molar-refractivity contribution is 6.31. The number of carbonyl (C=O) groups is 1. The standard InChI is InChI=1S/C14H20ClNO3/c1-10(17)13-8-12(15)7-11(14(13)18)9-16(2)5-4-6-19-3/h7-8,18H,4-6,9H2,1-3H3. The summed E-state index contributed by atoms with van der Waals surface area (Å²) in [4.78, 5) is 13.5. The average Bonchev–Trinajstić information content (AvgIpc) is 2.33. The molecule has 0 aliphatic carbocycles. The second-order valence-corrected chi connectivity index (χ2v) is 5.04. The van der Waals surface area contributed by atoms with Crippen LogP contribution in [0.2, 0.25) is 5.02 Å². The van der Waals surface area contributed by atoms with Gasteiger partial charge >= 0.3 is 0 Å². The number of hydrogen-bond acceptors (Lipinski definition) is 4. The van der Waals surface area contributed by atoms with E-state index in [0.29, 0.717) is 23.7 Å². The van der Waals surface area contributed by atoms with Crippen molar-refractivity contribution in [2.45, 2.75) is 19.9 Å². The summed E-state index contributed by atoms with van der Waals surface area (Å²) in [7, 11) is 3.62. The Hall–Kier alpha value is -1.10. The quantitative estimate of drug-likeness (QED) is 0.618. The Morgan fingerprint density at radius 3 is 2.74 bits per heavy atom. The highest BCUT2D eigenvalue weighted by Crippen LogP contribution is 2.28. The van der Waals surface area contributed by atoms with Gasteiger partial charge in [-0.3, -0.25) is 4.79 Å². The summed E-state index contributed by atoms with van der Waals surface area (Å²) in [5.74, 6) is -0.168. The number of methoxy groups -OCH3 is 1. The van der Waals surface area contributed by atoms with E-state index in [1.807, 2.05) is 11.9 Å². The molecule has 1 aromatic rings. The Kier molecular flexibility index (Phi) is 6.28. The molecule has 106 valence electrons. The van der Waals surface area contributed by atoms with Crippen LogP contribution in [0.5, 0.6) is 5.75 Å². The Morgan fingerprint density at radius 2 is 2.16 bits per heavy atom. The first-order valence-corrected chi connectivity index (χ1v) is 6.53. The molecule has 5 heteroatoms. The van der Waals surface area contributed by atoms with Gasteiger partial charge in [-0.2, -0.15) is 0 Å². The largest absolute Gasteiger partial charge is 0.507 e. The van der Waals surface area contributed by atoms with E-state index in [9.17, 15) is 9.90 Å². The highest BCUT2D eigenvalue weighted by Gasteiger charge is 2.14. The van der Waals surface area contributed by atoms with Crippen LogP contribution in [0, 0.1) is 0 Å².